The van der Waals surface area contributed by atoms with Crippen molar-refractivity contribution in [2.75, 3.05) is 5.32 Å². The van der Waals surface area contributed by atoms with E-state index in [1.54, 1.807) is 40.9 Å². The van der Waals surface area contributed by atoms with Gasteiger partial charge in [-0.2, -0.15) is 16.9 Å². The van der Waals surface area contributed by atoms with E-state index in [1.807, 2.05) is 30.3 Å². The van der Waals surface area contributed by atoms with Gasteiger partial charge in [0.2, 0.25) is 11.8 Å². The number of anilines is 1. The molecule has 0 fully saturated rings. The number of hydrogen-bond acceptors (Lipinski definition) is 5. The number of carbonyl (C=O) groups is 2. The van der Waals surface area contributed by atoms with Gasteiger partial charge in [-0.25, -0.2) is 4.68 Å². The summed E-state index contributed by atoms with van der Waals surface area (Å²) in [5.74, 6) is 2.34. The van der Waals surface area contributed by atoms with Crippen molar-refractivity contribution in [1.29, 1.82) is 0 Å². The first-order valence-corrected chi connectivity index (χ1v) is 10.3. The van der Waals surface area contributed by atoms with Crippen molar-refractivity contribution < 1.29 is 14.0 Å². The molecule has 29 heavy (non-hydrogen) atoms. The molecular formula is C21H20N4O3S. The lowest BCUT2D eigenvalue weighted by atomic mass is 10.2. The molecule has 0 atom stereocenters. The van der Waals surface area contributed by atoms with Crippen LogP contribution in [0.2, 0.25) is 0 Å². The van der Waals surface area contributed by atoms with Gasteiger partial charge in [-0.05, 0) is 23.8 Å². The third-order valence-electron chi connectivity index (χ3n) is 4.42. The lowest BCUT2D eigenvalue weighted by Gasteiger charge is -2.10. The molecule has 0 saturated carbocycles. The van der Waals surface area contributed by atoms with Gasteiger partial charge in [0, 0.05) is 23.1 Å². The number of hydrogen-bond donors (Lipinski definition) is 2. The van der Waals surface area contributed by atoms with Gasteiger partial charge in [0.05, 0.1) is 18.5 Å². The summed E-state index contributed by atoms with van der Waals surface area (Å²) in [6, 6.07) is 13.2. The highest BCUT2D eigenvalue weighted by Crippen LogP contribution is 2.34. The fraction of sp³-hybridized carbons (Fsp3) is 0.190. The van der Waals surface area contributed by atoms with Crippen LogP contribution < -0.4 is 10.6 Å². The third-order valence-corrected chi connectivity index (χ3v) is 5.39. The third kappa shape index (κ3) is 4.78. The van der Waals surface area contributed by atoms with E-state index in [1.165, 1.54) is 6.08 Å². The molecule has 1 aliphatic heterocycles. The number of thioether (sulfide) groups is 1. The Morgan fingerprint density at radius 2 is 2.03 bits per heavy atom. The maximum Gasteiger partial charge on any atom is 0.249 e. The number of furan rings is 1. The lowest BCUT2D eigenvalue weighted by molar-refractivity contribution is -0.122. The molecule has 0 unspecified atom stereocenters. The Morgan fingerprint density at radius 1 is 1.17 bits per heavy atom. The van der Waals surface area contributed by atoms with Crippen LogP contribution in [0.3, 0.4) is 0 Å². The van der Waals surface area contributed by atoms with Crippen molar-refractivity contribution in [2.45, 2.75) is 24.6 Å². The number of amides is 2. The first-order valence-electron chi connectivity index (χ1n) is 9.18. The van der Waals surface area contributed by atoms with Crippen LogP contribution in [0.5, 0.6) is 0 Å². The summed E-state index contributed by atoms with van der Waals surface area (Å²) in [6.45, 7) is 0.334. The summed E-state index contributed by atoms with van der Waals surface area (Å²) in [5.41, 5.74) is 2.83. The van der Waals surface area contributed by atoms with E-state index in [4.69, 9.17) is 4.42 Å². The number of nitrogens with one attached hydrogen (secondary N) is 2. The van der Waals surface area contributed by atoms with Crippen molar-refractivity contribution in [1.82, 2.24) is 15.1 Å². The van der Waals surface area contributed by atoms with Crippen molar-refractivity contribution in [2.24, 2.45) is 0 Å². The zero-order valence-electron chi connectivity index (χ0n) is 15.6. The number of rotatable bonds is 7. The molecule has 0 aliphatic carbocycles. The summed E-state index contributed by atoms with van der Waals surface area (Å²) in [7, 11) is 0. The van der Waals surface area contributed by atoms with Crippen molar-refractivity contribution in [3.05, 3.63) is 77.4 Å². The van der Waals surface area contributed by atoms with Gasteiger partial charge in [-0.15, -0.1) is 0 Å². The highest BCUT2D eigenvalue weighted by Gasteiger charge is 2.24. The van der Waals surface area contributed by atoms with Crippen molar-refractivity contribution in [3.63, 3.8) is 0 Å². The molecule has 2 amide bonds. The monoisotopic (exact) mass is 408 g/mol. The molecule has 3 aromatic rings. The second-order valence-electron chi connectivity index (χ2n) is 6.51. The Hall–Kier alpha value is -3.26. The van der Waals surface area contributed by atoms with E-state index in [2.05, 4.69) is 15.7 Å². The van der Waals surface area contributed by atoms with Crippen LogP contribution in [-0.4, -0.2) is 21.6 Å². The van der Waals surface area contributed by atoms with Crippen LogP contribution in [0.1, 0.15) is 22.6 Å². The van der Waals surface area contributed by atoms with Gasteiger partial charge < -0.3 is 15.1 Å². The predicted octanol–water partition coefficient (Wildman–Crippen LogP) is 3.19. The van der Waals surface area contributed by atoms with E-state index in [-0.39, 0.29) is 18.4 Å². The molecule has 0 spiro atoms. The highest BCUT2D eigenvalue weighted by molar-refractivity contribution is 7.98. The van der Waals surface area contributed by atoms with Gasteiger partial charge in [-0.1, -0.05) is 30.3 Å². The minimum atomic E-state index is -0.259. The zero-order valence-corrected chi connectivity index (χ0v) is 16.4. The largest absolute Gasteiger partial charge is 0.467 e. The first kappa shape index (κ1) is 19.1. The maximum atomic E-state index is 12.4. The molecule has 1 aliphatic rings. The molecule has 1 aromatic carbocycles. The summed E-state index contributed by atoms with van der Waals surface area (Å²) >= 11 is 1.74. The summed E-state index contributed by atoms with van der Waals surface area (Å²) < 4.78 is 6.78. The first-order chi connectivity index (χ1) is 14.2. The van der Waals surface area contributed by atoms with Gasteiger partial charge in [0.1, 0.15) is 18.1 Å². The summed E-state index contributed by atoms with van der Waals surface area (Å²) in [5, 5.41) is 10.2. The van der Waals surface area contributed by atoms with Crippen LogP contribution in [0, 0.1) is 0 Å². The van der Waals surface area contributed by atoms with E-state index in [0.29, 0.717) is 18.1 Å². The van der Waals surface area contributed by atoms with Gasteiger partial charge in [0.15, 0.2) is 0 Å². The maximum absolute atomic E-state index is 12.4. The molecule has 7 nitrogen and oxygen atoms in total. The topological polar surface area (TPSA) is 89.2 Å². The number of benzene rings is 1. The Kier molecular flexibility index (Phi) is 5.81. The molecule has 0 saturated heterocycles. The Bertz CT molecular complexity index is 1030. The fourth-order valence-electron chi connectivity index (χ4n) is 3.01. The van der Waals surface area contributed by atoms with E-state index in [0.717, 1.165) is 28.3 Å². The fourth-order valence-corrected chi connectivity index (χ4v) is 4.04. The van der Waals surface area contributed by atoms with E-state index < -0.39 is 0 Å². The molecule has 2 aromatic heterocycles. The summed E-state index contributed by atoms with van der Waals surface area (Å²) in [6.07, 6.45) is 4.80. The number of nitrogens with zero attached hydrogens (tertiary/aromatic N) is 2. The predicted molar refractivity (Wildman–Crippen MR) is 112 cm³/mol. The molecular weight excluding hydrogens is 388 g/mol. The molecule has 4 rings (SSSR count). The SMILES string of the molecule is O=C(/C=C\c1ccccc1)Nc1c2c(nn1CC(=O)NCc1ccco1)CSC2. The van der Waals surface area contributed by atoms with Crippen LogP contribution >= 0.6 is 11.8 Å². The zero-order chi connectivity index (χ0) is 20.1. The van der Waals surface area contributed by atoms with Crippen LogP contribution in [-0.2, 0) is 34.2 Å². The standard InChI is InChI=1S/C21H20N4O3S/c26-19(9-8-15-5-2-1-3-6-15)23-21-17-13-29-14-18(17)24-25(21)12-20(27)22-11-16-7-4-10-28-16/h1-10H,11-14H2,(H,22,27)(H,23,26)/b9-8-. The van der Waals surface area contributed by atoms with Gasteiger partial charge in [-0.3, -0.25) is 9.59 Å². The number of carbonyl (C=O) groups excluding carboxylic acids is 2. The van der Waals surface area contributed by atoms with E-state index in [9.17, 15) is 9.59 Å². The normalized spacial score (nSPS) is 12.8. The quantitative estimate of drug-likeness (QED) is 0.586. The smallest absolute Gasteiger partial charge is 0.249 e. The van der Waals surface area contributed by atoms with Crippen molar-refractivity contribution in [3.8, 4) is 0 Å². The van der Waals surface area contributed by atoms with Gasteiger partial charge in [0.25, 0.3) is 0 Å². The Labute approximate surface area is 172 Å². The van der Waals surface area contributed by atoms with E-state index >= 15 is 0 Å². The minimum Gasteiger partial charge on any atom is -0.467 e. The Morgan fingerprint density at radius 3 is 2.83 bits per heavy atom. The highest BCUT2D eigenvalue weighted by atomic mass is 32.2. The molecule has 148 valence electrons. The average Bonchev–Trinajstić information content (AvgIpc) is 3.46. The van der Waals surface area contributed by atoms with Crippen LogP contribution in [0.15, 0.2) is 59.2 Å². The number of fused-ring (bicyclic) bond motifs is 1. The molecule has 8 heteroatoms. The molecule has 3 heterocycles. The van der Waals surface area contributed by atoms with Gasteiger partial charge >= 0.3 is 0 Å². The van der Waals surface area contributed by atoms with Crippen molar-refractivity contribution >= 4 is 35.5 Å². The van der Waals surface area contributed by atoms with Crippen LogP contribution in [0.4, 0.5) is 5.82 Å². The molecule has 0 radical (unpaired) electrons. The lowest BCUT2D eigenvalue weighted by Crippen LogP contribution is -2.28. The molecule has 0 bridgehead atoms. The molecule has 2 N–H and O–H groups in total. The number of aromatic nitrogens is 2. The second kappa shape index (κ2) is 8.83. The second-order valence-corrected chi connectivity index (χ2v) is 7.50. The minimum absolute atomic E-state index is 0.0242. The van der Waals surface area contributed by atoms with Crippen LogP contribution in [0.25, 0.3) is 6.08 Å². The summed E-state index contributed by atoms with van der Waals surface area (Å²) in [4.78, 5) is 24.8. The average molecular weight is 408 g/mol. The Balaban J connectivity index is 1.44.